The van der Waals surface area contributed by atoms with Crippen LogP contribution in [-0.4, -0.2) is 43.7 Å². The van der Waals surface area contributed by atoms with Crippen molar-refractivity contribution in [3.8, 4) is 5.75 Å². The number of ether oxygens (including phenoxy) is 1. The third-order valence-corrected chi connectivity index (χ3v) is 4.54. The Hall–Kier alpha value is -1.06. The topological polar surface area (TPSA) is 24.5 Å². The molecular weight excluding hydrogens is 248 g/mol. The van der Waals surface area contributed by atoms with Crippen LogP contribution in [0.1, 0.15) is 30.9 Å². The zero-order chi connectivity index (χ0) is 13.8. The highest BCUT2D eigenvalue weighted by molar-refractivity contribution is 5.39. The van der Waals surface area contributed by atoms with Crippen molar-refractivity contribution in [2.24, 2.45) is 0 Å². The Balaban J connectivity index is 1.57. The van der Waals surface area contributed by atoms with Crippen molar-refractivity contribution < 1.29 is 4.74 Å². The Bertz CT molecular complexity index is 445. The number of piperazine rings is 1. The molecule has 0 amide bonds. The van der Waals surface area contributed by atoms with Crippen LogP contribution in [0.4, 0.5) is 0 Å². The minimum Gasteiger partial charge on any atom is -0.493 e. The molecule has 3 heteroatoms. The lowest BCUT2D eigenvalue weighted by atomic mass is 10.0. The SMILES string of the molecule is CCCC1CNCCN1CCc1ccc2c(c1)CCO2. The fourth-order valence-corrected chi connectivity index (χ4v) is 3.38. The quantitative estimate of drug-likeness (QED) is 0.891. The van der Waals surface area contributed by atoms with Gasteiger partial charge in [-0.05, 0) is 30.0 Å². The number of nitrogens with one attached hydrogen (secondary N) is 1. The van der Waals surface area contributed by atoms with Gasteiger partial charge in [0.1, 0.15) is 5.75 Å². The summed E-state index contributed by atoms with van der Waals surface area (Å²) in [5.41, 5.74) is 2.86. The predicted octanol–water partition coefficient (Wildman–Crippen LogP) is 2.24. The van der Waals surface area contributed by atoms with Gasteiger partial charge in [0.15, 0.2) is 0 Å². The average Bonchev–Trinajstić information content (AvgIpc) is 2.94. The molecule has 2 aliphatic rings. The molecule has 0 bridgehead atoms. The molecule has 1 aromatic carbocycles. The van der Waals surface area contributed by atoms with Crippen molar-refractivity contribution in [1.29, 1.82) is 0 Å². The van der Waals surface area contributed by atoms with Gasteiger partial charge in [-0.15, -0.1) is 0 Å². The largest absolute Gasteiger partial charge is 0.493 e. The van der Waals surface area contributed by atoms with Gasteiger partial charge in [0.05, 0.1) is 6.61 Å². The highest BCUT2D eigenvalue weighted by Crippen LogP contribution is 2.26. The van der Waals surface area contributed by atoms with Gasteiger partial charge in [-0.2, -0.15) is 0 Å². The summed E-state index contributed by atoms with van der Waals surface area (Å²) in [6.45, 7) is 7.82. The van der Waals surface area contributed by atoms with Crippen LogP contribution in [0.15, 0.2) is 18.2 Å². The first-order chi connectivity index (χ1) is 9.86. The van der Waals surface area contributed by atoms with Crippen LogP contribution in [0.5, 0.6) is 5.75 Å². The summed E-state index contributed by atoms with van der Waals surface area (Å²) in [6.07, 6.45) is 4.83. The maximum atomic E-state index is 5.58. The fourth-order valence-electron chi connectivity index (χ4n) is 3.38. The van der Waals surface area contributed by atoms with E-state index >= 15 is 0 Å². The summed E-state index contributed by atoms with van der Waals surface area (Å²) in [4.78, 5) is 2.67. The lowest BCUT2D eigenvalue weighted by molar-refractivity contribution is 0.154. The third-order valence-electron chi connectivity index (χ3n) is 4.54. The van der Waals surface area contributed by atoms with Crippen LogP contribution in [0.2, 0.25) is 0 Å². The van der Waals surface area contributed by atoms with Crippen LogP contribution in [0.3, 0.4) is 0 Å². The Labute approximate surface area is 122 Å². The standard InChI is InChI=1S/C17H26N2O/c1-2-3-16-13-18-8-10-19(16)9-6-14-4-5-17-15(12-14)7-11-20-17/h4-5,12,16,18H,2-3,6-11,13H2,1H3. The van der Waals surface area contributed by atoms with E-state index in [0.717, 1.165) is 44.3 Å². The van der Waals surface area contributed by atoms with Crippen LogP contribution in [0, 0.1) is 0 Å². The van der Waals surface area contributed by atoms with E-state index in [4.69, 9.17) is 4.74 Å². The summed E-state index contributed by atoms with van der Waals surface area (Å²) >= 11 is 0. The van der Waals surface area contributed by atoms with E-state index in [1.807, 2.05) is 0 Å². The molecule has 0 radical (unpaired) electrons. The summed E-state index contributed by atoms with van der Waals surface area (Å²) in [5, 5.41) is 3.52. The van der Waals surface area contributed by atoms with E-state index in [0.29, 0.717) is 0 Å². The highest BCUT2D eigenvalue weighted by atomic mass is 16.5. The Kier molecular flexibility index (Phi) is 4.58. The first-order valence-electron chi connectivity index (χ1n) is 8.06. The minimum absolute atomic E-state index is 0.728. The Morgan fingerprint density at radius 1 is 1.40 bits per heavy atom. The molecule has 1 unspecified atom stereocenters. The zero-order valence-electron chi connectivity index (χ0n) is 12.5. The van der Waals surface area contributed by atoms with Gasteiger partial charge < -0.3 is 10.1 Å². The van der Waals surface area contributed by atoms with Gasteiger partial charge in [-0.1, -0.05) is 25.5 Å². The summed E-state index contributed by atoms with van der Waals surface area (Å²) in [7, 11) is 0. The molecule has 3 rings (SSSR count). The smallest absolute Gasteiger partial charge is 0.122 e. The number of hydrogen-bond donors (Lipinski definition) is 1. The first-order valence-corrected chi connectivity index (χ1v) is 8.06. The molecule has 0 saturated carbocycles. The molecule has 2 heterocycles. The number of hydrogen-bond acceptors (Lipinski definition) is 3. The molecule has 1 atom stereocenters. The van der Waals surface area contributed by atoms with Crippen molar-refractivity contribution in [2.45, 2.75) is 38.6 Å². The van der Waals surface area contributed by atoms with E-state index in [2.05, 4.69) is 35.3 Å². The molecule has 1 fully saturated rings. The molecule has 1 aromatic rings. The fraction of sp³-hybridized carbons (Fsp3) is 0.647. The number of nitrogens with zero attached hydrogens (tertiary/aromatic N) is 1. The van der Waals surface area contributed by atoms with E-state index in [9.17, 15) is 0 Å². The monoisotopic (exact) mass is 274 g/mol. The number of fused-ring (bicyclic) bond motifs is 1. The van der Waals surface area contributed by atoms with Gasteiger partial charge in [-0.3, -0.25) is 4.90 Å². The van der Waals surface area contributed by atoms with Crippen molar-refractivity contribution in [2.75, 3.05) is 32.8 Å². The molecule has 110 valence electrons. The van der Waals surface area contributed by atoms with Gasteiger partial charge in [0.25, 0.3) is 0 Å². The van der Waals surface area contributed by atoms with Gasteiger partial charge in [0, 0.05) is 38.6 Å². The van der Waals surface area contributed by atoms with E-state index in [-0.39, 0.29) is 0 Å². The first kappa shape index (κ1) is 13.9. The van der Waals surface area contributed by atoms with Crippen molar-refractivity contribution in [3.05, 3.63) is 29.3 Å². The van der Waals surface area contributed by atoms with Crippen molar-refractivity contribution >= 4 is 0 Å². The summed E-state index contributed by atoms with van der Waals surface area (Å²) in [5.74, 6) is 1.10. The molecular formula is C17H26N2O. The number of rotatable bonds is 5. The highest BCUT2D eigenvalue weighted by Gasteiger charge is 2.21. The average molecular weight is 274 g/mol. The van der Waals surface area contributed by atoms with E-state index in [1.165, 1.54) is 37.1 Å². The Morgan fingerprint density at radius 2 is 2.35 bits per heavy atom. The summed E-state index contributed by atoms with van der Waals surface area (Å²) < 4.78 is 5.58. The summed E-state index contributed by atoms with van der Waals surface area (Å²) in [6, 6.07) is 7.46. The second-order valence-corrected chi connectivity index (χ2v) is 5.97. The van der Waals surface area contributed by atoms with Crippen molar-refractivity contribution in [3.63, 3.8) is 0 Å². The number of benzene rings is 1. The lowest BCUT2D eigenvalue weighted by Gasteiger charge is -2.36. The lowest BCUT2D eigenvalue weighted by Crippen LogP contribution is -2.51. The van der Waals surface area contributed by atoms with Crippen LogP contribution in [0.25, 0.3) is 0 Å². The molecule has 0 aromatic heterocycles. The predicted molar refractivity (Wildman–Crippen MR) is 82.5 cm³/mol. The second kappa shape index (κ2) is 6.59. The zero-order valence-corrected chi connectivity index (χ0v) is 12.5. The normalized spacial score (nSPS) is 22.6. The molecule has 1 saturated heterocycles. The van der Waals surface area contributed by atoms with Crippen LogP contribution in [-0.2, 0) is 12.8 Å². The maximum Gasteiger partial charge on any atom is 0.122 e. The van der Waals surface area contributed by atoms with Gasteiger partial charge in [-0.25, -0.2) is 0 Å². The molecule has 0 aliphatic carbocycles. The molecule has 3 nitrogen and oxygen atoms in total. The Morgan fingerprint density at radius 3 is 3.25 bits per heavy atom. The molecule has 20 heavy (non-hydrogen) atoms. The van der Waals surface area contributed by atoms with Crippen LogP contribution >= 0.6 is 0 Å². The van der Waals surface area contributed by atoms with Crippen LogP contribution < -0.4 is 10.1 Å². The second-order valence-electron chi connectivity index (χ2n) is 5.97. The maximum absolute atomic E-state index is 5.58. The van der Waals surface area contributed by atoms with Gasteiger partial charge in [0.2, 0.25) is 0 Å². The van der Waals surface area contributed by atoms with E-state index < -0.39 is 0 Å². The molecule has 1 N–H and O–H groups in total. The molecule has 2 aliphatic heterocycles. The minimum atomic E-state index is 0.728. The van der Waals surface area contributed by atoms with Gasteiger partial charge >= 0.3 is 0 Å². The third kappa shape index (κ3) is 3.15. The molecule has 0 spiro atoms. The van der Waals surface area contributed by atoms with E-state index in [1.54, 1.807) is 0 Å². The van der Waals surface area contributed by atoms with Crippen molar-refractivity contribution in [1.82, 2.24) is 10.2 Å².